The minimum atomic E-state index is -4.10. The van der Waals surface area contributed by atoms with Gasteiger partial charge in [-0.05, 0) is 43.2 Å². The molecule has 0 spiro atoms. The molecule has 2 rings (SSSR count). The summed E-state index contributed by atoms with van der Waals surface area (Å²) in [6.07, 6.45) is 1.25. The van der Waals surface area contributed by atoms with Crippen molar-refractivity contribution in [3.63, 3.8) is 0 Å². The Morgan fingerprint density at radius 1 is 1.24 bits per heavy atom. The number of hydrogen-bond donors (Lipinski definition) is 2. The Kier molecular flexibility index (Phi) is 4.06. The average molecular weight is 330 g/mol. The summed E-state index contributed by atoms with van der Waals surface area (Å²) in [4.78, 5) is 3.32. The van der Waals surface area contributed by atoms with Crippen LogP contribution < -0.4 is 10.5 Å². The Bertz CT molecular complexity index is 809. The Morgan fingerprint density at radius 2 is 1.90 bits per heavy atom. The molecule has 0 aliphatic carbocycles. The van der Waals surface area contributed by atoms with Crippen LogP contribution in [0, 0.1) is 19.7 Å². The number of hydrogen-bond acceptors (Lipinski definition) is 4. The molecule has 0 amide bonds. The third kappa shape index (κ3) is 3.25. The molecule has 0 bridgehead atoms. The number of halogens is 2. The number of nitrogens with zero attached hydrogens (tertiary/aromatic N) is 1. The SMILES string of the molecule is Cc1cc(F)c(S(=O)(=O)Nc2cnc(Cl)c(C)c2)cc1N. The fourth-order valence-corrected chi connectivity index (χ4v) is 2.93. The maximum atomic E-state index is 13.9. The van der Waals surface area contributed by atoms with Crippen LogP contribution in [-0.4, -0.2) is 13.4 Å². The van der Waals surface area contributed by atoms with Crippen molar-refractivity contribution in [2.45, 2.75) is 18.7 Å². The van der Waals surface area contributed by atoms with Gasteiger partial charge in [0.05, 0.1) is 11.9 Å². The number of nitrogens with one attached hydrogen (secondary N) is 1. The second-order valence-corrected chi connectivity index (χ2v) is 6.59. The maximum Gasteiger partial charge on any atom is 0.264 e. The smallest absolute Gasteiger partial charge is 0.264 e. The summed E-state index contributed by atoms with van der Waals surface area (Å²) < 4.78 is 40.5. The summed E-state index contributed by atoms with van der Waals surface area (Å²) in [6, 6.07) is 3.67. The fourth-order valence-electron chi connectivity index (χ4n) is 1.70. The first kappa shape index (κ1) is 15.5. The van der Waals surface area contributed by atoms with Gasteiger partial charge >= 0.3 is 0 Å². The lowest BCUT2D eigenvalue weighted by molar-refractivity contribution is 0.570. The van der Waals surface area contributed by atoms with Crippen LogP contribution in [0.25, 0.3) is 0 Å². The van der Waals surface area contributed by atoms with E-state index in [1.165, 1.54) is 12.3 Å². The largest absolute Gasteiger partial charge is 0.398 e. The highest BCUT2D eigenvalue weighted by atomic mass is 35.5. The molecule has 0 aliphatic rings. The summed E-state index contributed by atoms with van der Waals surface area (Å²) in [5.74, 6) is -0.868. The number of sulfonamides is 1. The van der Waals surface area contributed by atoms with Gasteiger partial charge in [-0.3, -0.25) is 4.72 Å². The molecule has 3 N–H and O–H groups in total. The Morgan fingerprint density at radius 3 is 2.52 bits per heavy atom. The third-order valence-electron chi connectivity index (χ3n) is 2.88. The van der Waals surface area contributed by atoms with Crippen LogP contribution in [-0.2, 0) is 10.0 Å². The monoisotopic (exact) mass is 329 g/mol. The van der Waals surface area contributed by atoms with Gasteiger partial charge in [0.25, 0.3) is 10.0 Å². The predicted molar refractivity (Wildman–Crippen MR) is 80.3 cm³/mol. The van der Waals surface area contributed by atoms with Gasteiger partial charge < -0.3 is 5.73 Å². The Hall–Kier alpha value is -1.86. The molecule has 1 heterocycles. The number of nitrogen functional groups attached to an aromatic ring is 1. The van der Waals surface area contributed by atoms with E-state index in [4.69, 9.17) is 17.3 Å². The van der Waals surface area contributed by atoms with Crippen molar-refractivity contribution < 1.29 is 12.8 Å². The number of anilines is 2. The van der Waals surface area contributed by atoms with E-state index >= 15 is 0 Å². The van der Waals surface area contributed by atoms with Crippen LogP contribution in [0.3, 0.4) is 0 Å². The molecule has 112 valence electrons. The maximum absolute atomic E-state index is 13.9. The number of rotatable bonds is 3. The van der Waals surface area contributed by atoms with Gasteiger partial charge in [0.2, 0.25) is 0 Å². The van der Waals surface area contributed by atoms with Crippen LogP contribution >= 0.6 is 11.6 Å². The molecule has 8 heteroatoms. The van der Waals surface area contributed by atoms with Gasteiger partial charge in [0.1, 0.15) is 15.9 Å². The highest BCUT2D eigenvalue weighted by Crippen LogP contribution is 2.24. The standard InChI is InChI=1S/C13H13ClFN3O2S/c1-7-4-10(15)12(5-11(7)16)21(19,20)18-9-3-8(2)13(14)17-6-9/h3-6,18H,16H2,1-2H3. The first-order valence-corrected chi connectivity index (χ1v) is 7.77. The lowest BCUT2D eigenvalue weighted by Gasteiger charge is -2.11. The Labute approximate surface area is 127 Å². The zero-order valence-electron chi connectivity index (χ0n) is 11.3. The Balaban J connectivity index is 2.43. The highest BCUT2D eigenvalue weighted by molar-refractivity contribution is 7.92. The van der Waals surface area contributed by atoms with E-state index in [0.717, 1.165) is 12.1 Å². The van der Waals surface area contributed by atoms with E-state index in [9.17, 15) is 12.8 Å². The zero-order valence-corrected chi connectivity index (χ0v) is 12.9. The number of aromatic nitrogens is 1. The van der Waals surface area contributed by atoms with Crippen molar-refractivity contribution in [3.8, 4) is 0 Å². The number of pyridine rings is 1. The van der Waals surface area contributed by atoms with Gasteiger partial charge in [-0.25, -0.2) is 17.8 Å². The van der Waals surface area contributed by atoms with Crippen LogP contribution in [0.5, 0.6) is 0 Å². The molecule has 0 aliphatic heterocycles. The van der Waals surface area contributed by atoms with Gasteiger partial charge in [-0.1, -0.05) is 11.6 Å². The summed E-state index contributed by atoms with van der Waals surface area (Å²) in [7, 11) is -4.10. The lowest BCUT2D eigenvalue weighted by atomic mass is 10.2. The van der Waals surface area contributed by atoms with E-state index in [1.807, 2.05) is 0 Å². The van der Waals surface area contributed by atoms with Crippen LogP contribution in [0.15, 0.2) is 29.3 Å². The molecule has 5 nitrogen and oxygen atoms in total. The quantitative estimate of drug-likeness (QED) is 0.669. The topological polar surface area (TPSA) is 85.1 Å². The first-order valence-electron chi connectivity index (χ1n) is 5.91. The third-order valence-corrected chi connectivity index (χ3v) is 4.67. The van der Waals surface area contributed by atoms with Crippen molar-refractivity contribution in [1.29, 1.82) is 0 Å². The number of benzene rings is 1. The summed E-state index contributed by atoms with van der Waals surface area (Å²) in [5.41, 5.74) is 7.09. The second kappa shape index (κ2) is 5.50. The molecule has 1 aromatic carbocycles. The zero-order chi connectivity index (χ0) is 15.8. The fraction of sp³-hybridized carbons (Fsp3) is 0.154. The first-order chi connectivity index (χ1) is 9.70. The average Bonchev–Trinajstić information content (AvgIpc) is 2.37. The molecule has 1 aromatic heterocycles. The van der Waals surface area contributed by atoms with E-state index in [2.05, 4.69) is 9.71 Å². The second-order valence-electron chi connectivity index (χ2n) is 4.58. The summed E-state index contributed by atoms with van der Waals surface area (Å²) >= 11 is 5.77. The number of nitrogens with two attached hydrogens (primary N) is 1. The summed E-state index contributed by atoms with van der Waals surface area (Å²) in [6.45, 7) is 3.27. The van der Waals surface area contributed by atoms with Gasteiger partial charge in [0.15, 0.2) is 0 Å². The molecule has 21 heavy (non-hydrogen) atoms. The molecule has 2 aromatic rings. The van der Waals surface area contributed by atoms with Crippen molar-refractivity contribution in [2.75, 3.05) is 10.5 Å². The van der Waals surface area contributed by atoms with Crippen LogP contribution in [0.4, 0.5) is 15.8 Å². The van der Waals surface area contributed by atoms with Crippen molar-refractivity contribution in [2.24, 2.45) is 0 Å². The molecule has 0 atom stereocenters. The van der Waals surface area contributed by atoms with Crippen molar-refractivity contribution >= 4 is 33.0 Å². The normalized spacial score (nSPS) is 11.4. The van der Waals surface area contributed by atoms with Gasteiger partial charge in [-0.15, -0.1) is 0 Å². The lowest BCUT2D eigenvalue weighted by Crippen LogP contribution is -2.15. The molecular formula is C13H13ClFN3O2S. The van der Waals surface area contributed by atoms with Gasteiger partial charge in [-0.2, -0.15) is 0 Å². The molecule has 0 unspecified atom stereocenters. The molecule has 0 fully saturated rings. The highest BCUT2D eigenvalue weighted by Gasteiger charge is 2.21. The molecule has 0 saturated carbocycles. The van der Waals surface area contributed by atoms with E-state index in [1.54, 1.807) is 13.8 Å². The van der Waals surface area contributed by atoms with Crippen molar-refractivity contribution in [1.82, 2.24) is 4.98 Å². The van der Waals surface area contributed by atoms with Crippen molar-refractivity contribution in [3.05, 3.63) is 46.5 Å². The predicted octanol–water partition coefficient (Wildman–Crippen LogP) is 2.87. The molecule has 0 radical (unpaired) electrons. The van der Waals surface area contributed by atoms with Crippen LogP contribution in [0.1, 0.15) is 11.1 Å². The van der Waals surface area contributed by atoms with E-state index in [-0.39, 0.29) is 16.5 Å². The summed E-state index contributed by atoms with van der Waals surface area (Å²) in [5, 5.41) is 0.267. The minimum absolute atomic E-state index is 0.190. The minimum Gasteiger partial charge on any atom is -0.398 e. The van der Waals surface area contributed by atoms with Crippen LogP contribution in [0.2, 0.25) is 5.15 Å². The van der Waals surface area contributed by atoms with Gasteiger partial charge in [0, 0.05) is 5.69 Å². The number of aryl methyl sites for hydroxylation is 2. The molecule has 0 saturated heterocycles. The van der Waals surface area contributed by atoms with E-state index in [0.29, 0.717) is 11.1 Å². The molecular weight excluding hydrogens is 317 g/mol. The van der Waals surface area contributed by atoms with E-state index < -0.39 is 20.7 Å².